The zero-order chi connectivity index (χ0) is 15.2. The van der Waals surface area contributed by atoms with Crippen LogP contribution in [-0.4, -0.2) is 41.2 Å². The molecule has 0 bridgehead atoms. The molecule has 0 spiro atoms. The minimum Gasteiger partial charge on any atom is -0.480 e. The average molecular weight is 290 g/mol. The Balaban J connectivity index is 1.73. The van der Waals surface area contributed by atoms with Gasteiger partial charge in [-0.3, -0.25) is 4.79 Å². The summed E-state index contributed by atoms with van der Waals surface area (Å²) < 4.78 is 0. The van der Waals surface area contributed by atoms with Crippen LogP contribution in [0.5, 0.6) is 0 Å². The van der Waals surface area contributed by atoms with E-state index in [1.165, 1.54) is 0 Å². The summed E-state index contributed by atoms with van der Waals surface area (Å²) in [5.74, 6) is -1.15. The summed E-state index contributed by atoms with van der Waals surface area (Å²) in [6, 6.07) is 8.45. The van der Waals surface area contributed by atoms with E-state index in [0.717, 1.165) is 16.6 Å². The molecule has 1 atom stereocenters. The predicted octanol–water partition coefficient (Wildman–Crippen LogP) is 0.421. The van der Waals surface area contributed by atoms with Crippen LogP contribution >= 0.6 is 0 Å². The number of hydrogen-bond donors (Lipinski definition) is 5. The lowest BCUT2D eigenvalue weighted by atomic mass is 10.2. The molecule has 2 rings (SSSR count). The Kier molecular flexibility index (Phi) is 4.78. The van der Waals surface area contributed by atoms with Crippen LogP contribution < -0.4 is 16.4 Å². The van der Waals surface area contributed by atoms with Crippen molar-refractivity contribution in [3.05, 3.63) is 36.0 Å². The second-order valence-corrected chi connectivity index (χ2v) is 4.71. The Bertz CT molecular complexity index is 605. The van der Waals surface area contributed by atoms with Crippen LogP contribution in [0, 0.1) is 0 Å². The van der Waals surface area contributed by atoms with Gasteiger partial charge in [-0.1, -0.05) is 18.2 Å². The van der Waals surface area contributed by atoms with E-state index >= 15 is 0 Å². The van der Waals surface area contributed by atoms with Crippen molar-refractivity contribution in [2.45, 2.75) is 12.5 Å². The molecule has 0 aliphatic rings. The average Bonchev–Trinajstić information content (AvgIpc) is 2.87. The van der Waals surface area contributed by atoms with Crippen LogP contribution in [0.2, 0.25) is 0 Å². The largest absolute Gasteiger partial charge is 0.480 e. The fourth-order valence-electron chi connectivity index (χ4n) is 1.93. The summed E-state index contributed by atoms with van der Waals surface area (Å²) in [6.07, 6.45) is 0.660. The zero-order valence-corrected chi connectivity index (χ0v) is 11.4. The second-order valence-electron chi connectivity index (χ2n) is 4.71. The summed E-state index contributed by atoms with van der Waals surface area (Å²) in [7, 11) is 0. The quantitative estimate of drug-likeness (QED) is 0.529. The lowest BCUT2D eigenvalue weighted by Crippen LogP contribution is -2.46. The summed E-state index contributed by atoms with van der Waals surface area (Å²) >= 11 is 0. The van der Waals surface area contributed by atoms with Gasteiger partial charge in [0, 0.05) is 30.7 Å². The van der Waals surface area contributed by atoms with Crippen LogP contribution in [0.15, 0.2) is 30.3 Å². The lowest BCUT2D eigenvalue weighted by Gasteiger charge is -2.09. The van der Waals surface area contributed by atoms with E-state index < -0.39 is 18.0 Å². The van der Waals surface area contributed by atoms with E-state index in [4.69, 9.17) is 10.8 Å². The molecule has 0 saturated heterocycles. The van der Waals surface area contributed by atoms with Crippen LogP contribution in [0.4, 0.5) is 4.79 Å². The van der Waals surface area contributed by atoms with E-state index in [9.17, 15) is 9.59 Å². The number of carboxylic acid groups (broad SMARTS) is 1. The molecule has 1 heterocycles. The maximum Gasteiger partial charge on any atom is 0.322 e. The molecular weight excluding hydrogens is 272 g/mol. The third-order valence-corrected chi connectivity index (χ3v) is 3.07. The van der Waals surface area contributed by atoms with E-state index in [1.54, 1.807) is 0 Å². The number of benzene rings is 1. The Morgan fingerprint density at radius 3 is 2.76 bits per heavy atom. The van der Waals surface area contributed by atoms with Crippen molar-refractivity contribution in [2.75, 3.05) is 13.1 Å². The number of para-hydroxylation sites is 1. The van der Waals surface area contributed by atoms with Crippen LogP contribution in [0.1, 0.15) is 5.69 Å². The van der Waals surface area contributed by atoms with Crippen molar-refractivity contribution < 1.29 is 14.7 Å². The van der Waals surface area contributed by atoms with Gasteiger partial charge in [0.25, 0.3) is 0 Å². The van der Waals surface area contributed by atoms with Crippen molar-refractivity contribution in [1.82, 2.24) is 15.6 Å². The maximum absolute atomic E-state index is 11.5. The number of aromatic amines is 1. The summed E-state index contributed by atoms with van der Waals surface area (Å²) in [5.41, 5.74) is 7.37. The minimum atomic E-state index is -1.15. The highest BCUT2D eigenvalue weighted by molar-refractivity contribution is 5.80. The zero-order valence-electron chi connectivity index (χ0n) is 11.4. The monoisotopic (exact) mass is 290 g/mol. The maximum atomic E-state index is 11.5. The lowest BCUT2D eigenvalue weighted by molar-refractivity contribution is -0.138. The third-order valence-electron chi connectivity index (χ3n) is 3.07. The van der Waals surface area contributed by atoms with E-state index in [-0.39, 0.29) is 6.54 Å². The van der Waals surface area contributed by atoms with E-state index in [0.29, 0.717) is 13.0 Å². The van der Waals surface area contributed by atoms with Crippen molar-refractivity contribution >= 4 is 22.9 Å². The highest BCUT2D eigenvalue weighted by Gasteiger charge is 2.12. The predicted molar refractivity (Wildman–Crippen MR) is 79.0 cm³/mol. The van der Waals surface area contributed by atoms with E-state index in [1.807, 2.05) is 30.3 Å². The van der Waals surface area contributed by atoms with Crippen LogP contribution in [0.25, 0.3) is 10.9 Å². The first-order valence-corrected chi connectivity index (χ1v) is 6.63. The molecule has 0 fully saturated rings. The Morgan fingerprint density at radius 1 is 1.29 bits per heavy atom. The molecule has 0 aliphatic carbocycles. The summed E-state index contributed by atoms with van der Waals surface area (Å²) in [4.78, 5) is 25.2. The van der Waals surface area contributed by atoms with Crippen molar-refractivity contribution in [1.29, 1.82) is 0 Å². The number of rotatable bonds is 6. The highest BCUT2D eigenvalue weighted by atomic mass is 16.4. The molecule has 6 N–H and O–H groups in total. The topological polar surface area (TPSA) is 120 Å². The van der Waals surface area contributed by atoms with Crippen LogP contribution in [0.3, 0.4) is 0 Å². The van der Waals surface area contributed by atoms with Gasteiger partial charge in [-0.15, -0.1) is 0 Å². The molecule has 0 aliphatic heterocycles. The smallest absolute Gasteiger partial charge is 0.322 e. The minimum absolute atomic E-state index is 0.104. The second kappa shape index (κ2) is 6.76. The number of aromatic nitrogens is 1. The number of aliphatic carboxylic acids is 1. The van der Waals surface area contributed by atoms with Gasteiger partial charge in [0.1, 0.15) is 6.04 Å². The number of urea groups is 1. The van der Waals surface area contributed by atoms with Gasteiger partial charge in [-0.05, 0) is 17.5 Å². The first-order valence-electron chi connectivity index (χ1n) is 6.63. The normalized spacial score (nSPS) is 12.0. The molecule has 7 nitrogen and oxygen atoms in total. The molecule has 2 aromatic rings. The van der Waals surface area contributed by atoms with Gasteiger partial charge in [-0.2, -0.15) is 0 Å². The number of carbonyl (C=O) groups is 2. The van der Waals surface area contributed by atoms with Gasteiger partial charge in [0.05, 0.1) is 0 Å². The number of fused-ring (bicyclic) bond motifs is 1. The van der Waals surface area contributed by atoms with Gasteiger partial charge in [-0.25, -0.2) is 4.79 Å². The van der Waals surface area contributed by atoms with Gasteiger partial charge < -0.3 is 26.5 Å². The Labute approximate surface area is 121 Å². The van der Waals surface area contributed by atoms with Crippen LogP contribution in [-0.2, 0) is 11.2 Å². The SMILES string of the molecule is NC(CNC(=O)NCCc1cc2ccccc2[nH]1)C(=O)O. The molecule has 21 heavy (non-hydrogen) atoms. The molecular formula is C14H18N4O3. The molecule has 2 amide bonds. The van der Waals surface area contributed by atoms with Gasteiger partial charge in [0.15, 0.2) is 0 Å². The fourth-order valence-corrected chi connectivity index (χ4v) is 1.93. The Morgan fingerprint density at radius 2 is 2.05 bits per heavy atom. The number of carbonyl (C=O) groups excluding carboxylic acids is 1. The number of amides is 2. The number of carboxylic acids is 1. The first-order chi connectivity index (χ1) is 10.1. The number of nitrogens with two attached hydrogens (primary N) is 1. The highest BCUT2D eigenvalue weighted by Crippen LogP contribution is 2.14. The number of H-pyrrole nitrogens is 1. The summed E-state index contributed by atoms with van der Waals surface area (Å²) in [6.45, 7) is 0.342. The van der Waals surface area contributed by atoms with Crippen molar-refractivity contribution in [3.63, 3.8) is 0 Å². The fraction of sp³-hybridized carbons (Fsp3) is 0.286. The number of hydrogen-bond acceptors (Lipinski definition) is 3. The van der Waals surface area contributed by atoms with Gasteiger partial charge in [0.2, 0.25) is 0 Å². The summed E-state index contributed by atoms with van der Waals surface area (Å²) in [5, 5.41) is 14.8. The molecule has 0 radical (unpaired) electrons. The van der Waals surface area contributed by atoms with Gasteiger partial charge >= 0.3 is 12.0 Å². The van der Waals surface area contributed by atoms with E-state index in [2.05, 4.69) is 15.6 Å². The van der Waals surface area contributed by atoms with Crippen molar-refractivity contribution in [2.24, 2.45) is 5.73 Å². The molecule has 1 aromatic carbocycles. The molecule has 1 aromatic heterocycles. The molecule has 0 saturated carbocycles. The van der Waals surface area contributed by atoms with Crippen molar-refractivity contribution in [3.8, 4) is 0 Å². The molecule has 112 valence electrons. The standard InChI is InChI=1S/C14H18N4O3/c15-11(13(19)20)8-17-14(21)16-6-5-10-7-9-3-1-2-4-12(9)18-10/h1-4,7,11,18H,5-6,8,15H2,(H,19,20)(H2,16,17,21). The first kappa shape index (κ1) is 14.9. The molecule has 1 unspecified atom stereocenters. The Hall–Kier alpha value is -2.54. The number of nitrogens with one attached hydrogen (secondary N) is 3. The third kappa shape index (κ3) is 4.22. The molecule has 7 heteroatoms.